The van der Waals surface area contributed by atoms with E-state index in [9.17, 15) is 4.79 Å². The van der Waals surface area contributed by atoms with Gasteiger partial charge in [0.2, 0.25) is 5.91 Å². The predicted octanol–water partition coefficient (Wildman–Crippen LogP) is 4.13. The van der Waals surface area contributed by atoms with E-state index in [1.807, 2.05) is 0 Å². The maximum Gasteiger partial charge on any atom is 0.230 e. The van der Waals surface area contributed by atoms with Crippen LogP contribution < -0.4 is 5.32 Å². The molecule has 1 saturated carbocycles. The third-order valence-corrected chi connectivity index (χ3v) is 5.07. The van der Waals surface area contributed by atoms with Gasteiger partial charge in [0.25, 0.3) is 0 Å². The summed E-state index contributed by atoms with van der Waals surface area (Å²) in [5, 5.41) is 5.71. The minimum atomic E-state index is 0.187. The van der Waals surface area contributed by atoms with Crippen LogP contribution in [0.1, 0.15) is 31.2 Å². The fourth-order valence-corrected chi connectivity index (χ4v) is 3.85. The molecule has 2 aromatic rings. The van der Waals surface area contributed by atoms with Crippen LogP contribution in [-0.4, -0.2) is 17.7 Å². The number of hydrogen-bond donors (Lipinski definition) is 1. The molecule has 0 heterocycles. The van der Waals surface area contributed by atoms with Gasteiger partial charge in [-0.2, -0.15) is 0 Å². The smallest absolute Gasteiger partial charge is 0.230 e. The van der Waals surface area contributed by atoms with Gasteiger partial charge in [-0.3, -0.25) is 4.79 Å². The van der Waals surface area contributed by atoms with E-state index in [-0.39, 0.29) is 5.91 Å². The molecule has 0 unspecified atom stereocenters. The van der Waals surface area contributed by atoms with Crippen LogP contribution in [-0.2, 0) is 10.5 Å². The van der Waals surface area contributed by atoms with Crippen molar-refractivity contribution in [2.24, 2.45) is 0 Å². The molecule has 1 amide bonds. The molecule has 21 heavy (non-hydrogen) atoms. The zero-order valence-electron chi connectivity index (χ0n) is 12.2. The summed E-state index contributed by atoms with van der Waals surface area (Å²) in [6.07, 6.45) is 4.82. The molecule has 0 radical (unpaired) electrons. The second-order valence-electron chi connectivity index (χ2n) is 5.68. The van der Waals surface area contributed by atoms with Crippen LogP contribution in [0.4, 0.5) is 0 Å². The van der Waals surface area contributed by atoms with Gasteiger partial charge in [-0.25, -0.2) is 0 Å². The zero-order valence-corrected chi connectivity index (χ0v) is 13.0. The molecule has 2 aromatic carbocycles. The number of fused-ring (bicyclic) bond motifs is 1. The maximum atomic E-state index is 11.9. The van der Waals surface area contributed by atoms with Crippen molar-refractivity contribution in [2.45, 2.75) is 37.5 Å². The Balaban J connectivity index is 1.53. The second-order valence-corrected chi connectivity index (χ2v) is 6.67. The first-order valence-electron chi connectivity index (χ1n) is 7.67. The Kier molecular flexibility index (Phi) is 4.81. The summed E-state index contributed by atoms with van der Waals surface area (Å²) in [6.45, 7) is 0. The molecule has 110 valence electrons. The summed E-state index contributed by atoms with van der Waals surface area (Å²) in [7, 11) is 0. The van der Waals surface area contributed by atoms with E-state index < -0.39 is 0 Å². The molecule has 3 heteroatoms. The van der Waals surface area contributed by atoms with Crippen LogP contribution in [0.15, 0.2) is 42.5 Å². The Morgan fingerprint density at radius 1 is 1.10 bits per heavy atom. The highest BCUT2D eigenvalue weighted by Crippen LogP contribution is 2.23. The largest absolute Gasteiger partial charge is 0.353 e. The Morgan fingerprint density at radius 2 is 1.86 bits per heavy atom. The molecule has 0 bridgehead atoms. The first kappa shape index (κ1) is 14.5. The molecule has 3 rings (SSSR count). The highest BCUT2D eigenvalue weighted by molar-refractivity contribution is 7.99. The van der Waals surface area contributed by atoms with Crippen LogP contribution in [0.25, 0.3) is 10.8 Å². The number of benzene rings is 2. The molecule has 2 nitrogen and oxygen atoms in total. The van der Waals surface area contributed by atoms with E-state index >= 15 is 0 Å². The average Bonchev–Trinajstić information content (AvgIpc) is 3.00. The Bertz CT molecular complexity index is 614. The van der Waals surface area contributed by atoms with Gasteiger partial charge in [0.05, 0.1) is 5.75 Å². The number of rotatable bonds is 5. The number of thioether (sulfide) groups is 1. The van der Waals surface area contributed by atoms with Crippen LogP contribution in [0.2, 0.25) is 0 Å². The van der Waals surface area contributed by atoms with Crippen molar-refractivity contribution in [1.82, 2.24) is 5.32 Å². The van der Waals surface area contributed by atoms with E-state index in [2.05, 4.69) is 47.8 Å². The first-order chi connectivity index (χ1) is 10.3. The minimum absolute atomic E-state index is 0.187. The normalized spacial score (nSPS) is 15.4. The van der Waals surface area contributed by atoms with Gasteiger partial charge in [0, 0.05) is 11.8 Å². The number of hydrogen-bond acceptors (Lipinski definition) is 2. The maximum absolute atomic E-state index is 11.9. The third kappa shape index (κ3) is 3.79. The molecule has 0 spiro atoms. The molecule has 0 aromatic heterocycles. The molecule has 0 saturated heterocycles. The monoisotopic (exact) mass is 299 g/mol. The summed E-state index contributed by atoms with van der Waals surface area (Å²) >= 11 is 1.70. The highest BCUT2D eigenvalue weighted by Gasteiger charge is 2.16. The van der Waals surface area contributed by atoms with E-state index in [4.69, 9.17) is 0 Å². The Morgan fingerprint density at radius 3 is 2.71 bits per heavy atom. The van der Waals surface area contributed by atoms with Crippen molar-refractivity contribution < 1.29 is 4.79 Å². The van der Waals surface area contributed by atoms with Crippen LogP contribution in [0, 0.1) is 0 Å². The fourth-order valence-electron chi connectivity index (χ4n) is 3.01. The molecule has 0 atom stereocenters. The molecule has 1 fully saturated rings. The van der Waals surface area contributed by atoms with Gasteiger partial charge in [0.1, 0.15) is 0 Å². The summed E-state index contributed by atoms with van der Waals surface area (Å²) in [4.78, 5) is 11.9. The number of carbonyl (C=O) groups is 1. The Hall–Kier alpha value is -1.48. The first-order valence-corrected chi connectivity index (χ1v) is 8.82. The minimum Gasteiger partial charge on any atom is -0.353 e. The highest BCUT2D eigenvalue weighted by atomic mass is 32.2. The number of nitrogens with one attached hydrogen (secondary N) is 1. The van der Waals surface area contributed by atoms with Crippen LogP contribution in [0.3, 0.4) is 0 Å². The van der Waals surface area contributed by atoms with Gasteiger partial charge in [-0.1, -0.05) is 55.3 Å². The third-order valence-electron chi connectivity index (χ3n) is 4.09. The summed E-state index contributed by atoms with van der Waals surface area (Å²) in [6, 6.07) is 15.2. The van der Waals surface area contributed by atoms with Crippen LogP contribution >= 0.6 is 11.8 Å². The second kappa shape index (κ2) is 6.99. The SMILES string of the molecule is O=C(CSCc1cccc2ccccc12)NC1CCCC1. The Labute approximate surface area is 130 Å². The van der Waals surface area contributed by atoms with E-state index in [0.717, 1.165) is 18.6 Å². The number of carbonyl (C=O) groups excluding carboxylic acids is 1. The van der Waals surface area contributed by atoms with Gasteiger partial charge in [0.15, 0.2) is 0 Å². The van der Waals surface area contributed by atoms with E-state index in [1.165, 1.54) is 29.2 Å². The van der Waals surface area contributed by atoms with E-state index in [1.54, 1.807) is 11.8 Å². The lowest BCUT2D eigenvalue weighted by Gasteiger charge is -2.12. The molecule has 1 aliphatic rings. The van der Waals surface area contributed by atoms with Crippen LogP contribution in [0.5, 0.6) is 0 Å². The lowest BCUT2D eigenvalue weighted by atomic mass is 10.1. The average molecular weight is 299 g/mol. The standard InChI is InChI=1S/C18H21NOS/c20-18(19-16-9-2-3-10-16)13-21-12-15-8-5-7-14-6-1-4-11-17(14)15/h1,4-8,11,16H,2-3,9-10,12-13H2,(H,19,20). The van der Waals surface area contributed by atoms with Gasteiger partial charge in [-0.05, 0) is 29.2 Å². The van der Waals surface area contributed by atoms with Crippen molar-refractivity contribution in [1.29, 1.82) is 0 Å². The summed E-state index contributed by atoms with van der Waals surface area (Å²) < 4.78 is 0. The van der Waals surface area contributed by atoms with Crippen molar-refractivity contribution in [3.05, 3.63) is 48.0 Å². The molecular formula is C18H21NOS. The molecule has 0 aliphatic heterocycles. The zero-order chi connectivity index (χ0) is 14.5. The van der Waals surface area contributed by atoms with Gasteiger partial charge >= 0.3 is 0 Å². The predicted molar refractivity (Wildman–Crippen MR) is 90.5 cm³/mol. The summed E-state index contributed by atoms with van der Waals surface area (Å²) in [5.41, 5.74) is 1.31. The van der Waals surface area contributed by atoms with Crippen molar-refractivity contribution in [2.75, 3.05) is 5.75 Å². The quantitative estimate of drug-likeness (QED) is 0.899. The fraction of sp³-hybridized carbons (Fsp3) is 0.389. The lowest BCUT2D eigenvalue weighted by molar-refractivity contribution is -0.119. The number of amides is 1. The van der Waals surface area contributed by atoms with Crippen molar-refractivity contribution >= 4 is 28.4 Å². The summed E-state index contributed by atoms with van der Waals surface area (Å²) in [5.74, 6) is 1.63. The van der Waals surface area contributed by atoms with Crippen molar-refractivity contribution in [3.63, 3.8) is 0 Å². The van der Waals surface area contributed by atoms with Gasteiger partial charge < -0.3 is 5.32 Å². The lowest BCUT2D eigenvalue weighted by Crippen LogP contribution is -2.33. The molecule has 1 N–H and O–H groups in total. The van der Waals surface area contributed by atoms with Gasteiger partial charge in [-0.15, -0.1) is 11.8 Å². The molecular weight excluding hydrogens is 278 g/mol. The van der Waals surface area contributed by atoms with E-state index in [0.29, 0.717) is 11.8 Å². The topological polar surface area (TPSA) is 29.1 Å². The van der Waals surface area contributed by atoms with Crippen molar-refractivity contribution in [3.8, 4) is 0 Å². The molecule has 1 aliphatic carbocycles.